The fourth-order valence-electron chi connectivity index (χ4n) is 7.60. The fraction of sp³-hybridized carbons (Fsp3) is 0.410. The maximum absolute atomic E-state index is 15.8. The van der Waals surface area contributed by atoms with Gasteiger partial charge in [0.15, 0.2) is 11.6 Å². The van der Waals surface area contributed by atoms with Gasteiger partial charge in [0.2, 0.25) is 0 Å². The van der Waals surface area contributed by atoms with E-state index in [0.717, 1.165) is 33.5 Å². The van der Waals surface area contributed by atoms with Crippen LogP contribution in [0.4, 0.5) is 18.9 Å². The van der Waals surface area contributed by atoms with E-state index in [-0.39, 0.29) is 59.4 Å². The van der Waals surface area contributed by atoms with Gasteiger partial charge < -0.3 is 24.1 Å². The van der Waals surface area contributed by atoms with Crippen molar-refractivity contribution in [2.75, 3.05) is 32.6 Å². The van der Waals surface area contributed by atoms with Crippen LogP contribution in [-0.2, 0) is 42.5 Å². The van der Waals surface area contributed by atoms with E-state index in [1.165, 1.54) is 14.2 Å². The van der Waals surface area contributed by atoms with Crippen LogP contribution in [0.1, 0.15) is 69.6 Å². The van der Waals surface area contributed by atoms with E-state index in [0.29, 0.717) is 50.0 Å². The minimum absolute atomic E-state index is 0.0185. The van der Waals surface area contributed by atoms with E-state index in [2.05, 4.69) is 15.6 Å². The van der Waals surface area contributed by atoms with Crippen molar-refractivity contribution in [1.82, 2.24) is 19.8 Å². The number of hydrogen-bond acceptors (Lipinski definition) is 8. The van der Waals surface area contributed by atoms with Crippen LogP contribution in [0.25, 0.3) is 11.1 Å². The molecule has 1 aliphatic heterocycles. The predicted octanol–water partition coefficient (Wildman–Crippen LogP) is 6.93. The number of benzene rings is 3. The number of fused-ring (bicyclic) bond motifs is 2. The molecule has 10 nitrogen and oxygen atoms in total. The fourth-order valence-corrected chi connectivity index (χ4v) is 7.82. The average molecular weight is 752 g/mol. The van der Waals surface area contributed by atoms with Crippen LogP contribution < -0.4 is 20.1 Å². The number of alkyl halides is 2. The summed E-state index contributed by atoms with van der Waals surface area (Å²) in [6, 6.07) is 13.3. The second-order valence-electron chi connectivity index (χ2n) is 13.8. The molecule has 1 saturated carbocycles. The molecule has 14 heteroatoms. The number of aromatic nitrogens is 2. The summed E-state index contributed by atoms with van der Waals surface area (Å²) >= 11 is 6.56. The summed E-state index contributed by atoms with van der Waals surface area (Å²) < 4.78 is 60.3. The molecule has 1 unspecified atom stereocenters. The number of rotatable bonds is 12. The van der Waals surface area contributed by atoms with Gasteiger partial charge in [0, 0.05) is 56.1 Å². The number of amides is 1. The topological polar surface area (TPSA) is 107 Å². The number of methoxy groups -OCH3 is 2. The molecule has 3 aromatic carbocycles. The highest BCUT2D eigenvalue weighted by Crippen LogP contribution is 2.45. The Hall–Kier alpha value is -4.59. The minimum atomic E-state index is -2.43. The Labute approximate surface area is 310 Å². The highest BCUT2D eigenvalue weighted by atomic mass is 35.5. The first-order chi connectivity index (χ1) is 25.4. The van der Waals surface area contributed by atoms with Crippen LogP contribution in [0.3, 0.4) is 0 Å². The Balaban J connectivity index is 1.09. The van der Waals surface area contributed by atoms with Gasteiger partial charge in [0.1, 0.15) is 28.2 Å². The molecule has 3 aliphatic rings. The van der Waals surface area contributed by atoms with Crippen molar-refractivity contribution in [2.24, 2.45) is 7.05 Å². The Bertz CT molecular complexity index is 2080. The van der Waals surface area contributed by atoms with E-state index in [1.54, 1.807) is 22.6 Å². The lowest BCUT2D eigenvalue weighted by Crippen LogP contribution is -2.39. The first-order valence-corrected chi connectivity index (χ1v) is 18.0. The van der Waals surface area contributed by atoms with Gasteiger partial charge in [-0.3, -0.25) is 19.8 Å². The SMILES string of the molecule is COC(=O)C1(NCc2c(OC)cc(OC3CCc4c(-c5cccc(NC(=O)c6nc7c(n6C)CCN(CC(F)F)C7)c5C)cccc43)c(Cl)c2F)CC1. The van der Waals surface area contributed by atoms with Crippen molar-refractivity contribution in [2.45, 2.75) is 70.2 Å². The van der Waals surface area contributed by atoms with Gasteiger partial charge in [-0.1, -0.05) is 41.9 Å². The zero-order chi connectivity index (χ0) is 37.6. The number of halogens is 4. The van der Waals surface area contributed by atoms with Gasteiger partial charge in [-0.25, -0.2) is 18.2 Å². The number of carbonyl (C=O) groups is 2. The molecule has 53 heavy (non-hydrogen) atoms. The van der Waals surface area contributed by atoms with Crippen molar-refractivity contribution in [3.05, 3.63) is 92.8 Å². The maximum atomic E-state index is 15.8. The molecule has 1 atom stereocenters. The number of carbonyl (C=O) groups excluding carboxylic acids is 2. The number of imidazole rings is 1. The van der Waals surface area contributed by atoms with Crippen LogP contribution in [0, 0.1) is 12.7 Å². The van der Waals surface area contributed by atoms with Gasteiger partial charge in [0.25, 0.3) is 12.3 Å². The van der Waals surface area contributed by atoms with E-state index in [9.17, 15) is 18.4 Å². The summed E-state index contributed by atoms with van der Waals surface area (Å²) in [6.07, 6.45) is 0.221. The highest BCUT2D eigenvalue weighted by Gasteiger charge is 2.51. The van der Waals surface area contributed by atoms with Crippen LogP contribution in [0.15, 0.2) is 42.5 Å². The standard InChI is InChI=1S/C39H41ClF3N5O5/c1-21-22(7-6-10-27(21)46-37(49)36-45-28-19-48(20-33(41)42)16-13-29(28)47(36)2)23-8-5-9-25-24(23)11-12-30(25)53-32-17-31(51-3)26(35(43)34(32)40)18-44-39(14-15-39)38(50)52-4/h5-10,17,30,33,44H,11-16,18-20H2,1-4H3,(H,46,49). The monoisotopic (exact) mass is 751 g/mol. The van der Waals surface area contributed by atoms with Gasteiger partial charge >= 0.3 is 5.97 Å². The van der Waals surface area contributed by atoms with E-state index in [1.807, 2.05) is 43.3 Å². The van der Waals surface area contributed by atoms with E-state index in [4.69, 9.17) is 25.8 Å². The van der Waals surface area contributed by atoms with Gasteiger partial charge in [0.05, 0.1) is 26.5 Å². The smallest absolute Gasteiger partial charge is 0.326 e. The van der Waals surface area contributed by atoms with Gasteiger partial charge in [-0.15, -0.1) is 0 Å². The maximum Gasteiger partial charge on any atom is 0.326 e. The van der Waals surface area contributed by atoms with Crippen molar-refractivity contribution in [3.63, 3.8) is 0 Å². The molecule has 0 saturated heterocycles. The number of hydrogen-bond donors (Lipinski definition) is 2. The zero-order valence-electron chi connectivity index (χ0n) is 30.0. The molecular weight excluding hydrogens is 711 g/mol. The first-order valence-electron chi connectivity index (χ1n) is 17.6. The molecule has 0 spiro atoms. The normalized spacial score (nSPS) is 17.3. The third kappa shape index (κ3) is 6.97. The zero-order valence-corrected chi connectivity index (χ0v) is 30.7. The van der Waals surface area contributed by atoms with Crippen molar-refractivity contribution < 1.29 is 37.0 Å². The summed E-state index contributed by atoms with van der Waals surface area (Å²) in [4.78, 5) is 31.9. The summed E-state index contributed by atoms with van der Waals surface area (Å²) in [7, 11) is 4.54. The lowest BCUT2D eigenvalue weighted by Gasteiger charge is -2.25. The van der Waals surface area contributed by atoms with Crippen LogP contribution >= 0.6 is 11.6 Å². The molecule has 1 amide bonds. The lowest BCUT2D eigenvalue weighted by atomic mass is 9.93. The van der Waals surface area contributed by atoms with E-state index >= 15 is 4.39 Å². The summed E-state index contributed by atoms with van der Waals surface area (Å²) in [5.74, 6) is -0.831. The third-order valence-corrected chi connectivity index (χ3v) is 11.0. The number of nitrogens with zero attached hydrogens (tertiary/aromatic N) is 3. The summed E-state index contributed by atoms with van der Waals surface area (Å²) in [5, 5.41) is 5.96. The molecule has 280 valence electrons. The molecule has 4 aromatic rings. The largest absolute Gasteiger partial charge is 0.496 e. The number of esters is 1. The average Bonchev–Trinajstić information content (AvgIpc) is 3.72. The molecule has 0 radical (unpaired) electrons. The molecule has 2 N–H and O–H groups in total. The third-order valence-electron chi connectivity index (χ3n) is 10.7. The Morgan fingerprint density at radius 1 is 1.09 bits per heavy atom. The van der Waals surface area contributed by atoms with E-state index < -0.39 is 23.9 Å². The first kappa shape index (κ1) is 36.8. The molecule has 2 aliphatic carbocycles. The molecule has 1 fully saturated rings. The van der Waals surface area contributed by atoms with Gasteiger partial charge in [-0.2, -0.15) is 0 Å². The number of ether oxygens (including phenoxy) is 3. The molecule has 7 rings (SSSR count). The van der Waals surface area contributed by atoms with Gasteiger partial charge in [-0.05, 0) is 66.5 Å². The summed E-state index contributed by atoms with van der Waals surface area (Å²) in [5.41, 5.74) is 6.32. The molecule has 0 bridgehead atoms. The Kier molecular flexibility index (Phi) is 10.2. The predicted molar refractivity (Wildman–Crippen MR) is 193 cm³/mol. The van der Waals surface area contributed by atoms with Crippen LogP contribution in [0.5, 0.6) is 11.5 Å². The second-order valence-corrected chi connectivity index (χ2v) is 14.2. The molecule has 2 heterocycles. The van der Waals surface area contributed by atoms with Crippen molar-refractivity contribution >= 4 is 29.2 Å². The summed E-state index contributed by atoms with van der Waals surface area (Å²) in [6.45, 7) is 2.39. The molecule has 1 aromatic heterocycles. The quantitative estimate of drug-likeness (QED) is 0.150. The number of nitrogens with one attached hydrogen (secondary N) is 2. The highest BCUT2D eigenvalue weighted by molar-refractivity contribution is 6.32. The number of anilines is 1. The Morgan fingerprint density at radius 3 is 2.57 bits per heavy atom. The van der Waals surface area contributed by atoms with Crippen molar-refractivity contribution in [1.29, 1.82) is 0 Å². The second kappa shape index (κ2) is 14.7. The Morgan fingerprint density at radius 2 is 1.85 bits per heavy atom. The van der Waals surface area contributed by atoms with Crippen LogP contribution in [0.2, 0.25) is 5.02 Å². The van der Waals surface area contributed by atoms with Crippen LogP contribution in [-0.4, -0.2) is 65.6 Å². The minimum Gasteiger partial charge on any atom is -0.496 e. The molecular formula is C39H41ClF3N5O5. The lowest BCUT2D eigenvalue weighted by molar-refractivity contribution is -0.144. The van der Waals surface area contributed by atoms with Crippen molar-refractivity contribution in [3.8, 4) is 22.6 Å².